The third kappa shape index (κ3) is 4.28. The molecule has 7 heteroatoms. The number of nitrogens with one attached hydrogen (secondary N) is 1. The fourth-order valence-corrected chi connectivity index (χ4v) is 3.67. The van der Waals surface area contributed by atoms with Crippen molar-refractivity contribution in [1.29, 1.82) is 0 Å². The molecule has 2 fully saturated rings. The first-order valence-electron chi connectivity index (χ1n) is 9.41. The van der Waals surface area contributed by atoms with Crippen LogP contribution in [0, 0.1) is 0 Å². The third-order valence-corrected chi connectivity index (χ3v) is 5.15. The number of ether oxygens (including phenoxy) is 1. The molecule has 0 aliphatic carbocycles. The first-order chi connectivity index (χ1) is 12.9. The standard InChI is InChI=1S/C19H26N6O/c1-2-16(14-20-6-1)15-22-18-3-7-21-19(23-18)25-8-4-17(5-9-25)24-10-12-26-13-11-24/h1-3,6-7,14,17H,4-5,8-13,15H2,(H,21,22,23). The quantitative estimate of drug-likeness (QED) is 0.878. The van der Waals surface area contributed by atoms with Gasteiger partial charge in [0.1, 0.15) is 5.82 Å². The van der Waals surface area contributed by atoms with E-state index < -0.39 is 0 Å². The first kappa shape index (κ1) is 17.2. The van der Waals surface area contributed by atoms with Crippen molar-refractivity contribution in [3.63, 3.8) is 0 Å². The second-order valence-electron chi connectivity index (χ2n) is 6.82. The molecule has 0 unspecified atom stereocenters. The maximum Gasteiger partial charge on any atom is 0.227 e. The minimum absolute atomic E-state index is 0.669. The van der Waals surface area contributed by atoms with Crippen LogP contribution in [0.5, 0.6) is 0 Å². The topological polar surface area (TPSA) is 66.4 Å². The molecule has 2 aromatic rings. The van der Waals surface area contributed by atoms with Gasteiger partial charge in [0.05, 0.1) is 13.2 Å². The van der Waals surface area contributed by atoms with Crippen molar-refractivity contribution in [2.24, 2.45) is 0 Å². The van der Waals surface area contributed by atoms with Crippen molar-refractivity contribution in [2.45, 2.75) is 25.4 Å². The van der Waals surface area contributed by atoms with Crippen LogP contribution in [0.2, 0.25) is 0 Å². The third-order valence-electron chi connectivity index (χ3n) is 5.15. The smallest absolute Gasteiger partial charge is 0.227 e. The largest absolute Gasteiger partial charge is 0.379 e. The highest BCUT2D eigenvalue weighted by Crippen LogP contribution is 2.21. The normalized spacial score (nSPS) is 19.5. The summed E-state index contributed by atoms with van der Waals surface area (Å²) >= 11 is 0. The van der Waals surface area contributed by atoms with E-state index in [9.17, 15) is 0 Å². The number of aromatic nitrogens is 3. The average molecular weight is 354 g/mol. The molecule has 138 valence electrons. The molecule has 4 heterocycles. The van der Waals surface area contributed by atoms with Gasteiger partial charge in [0.15, 0.2) is 0 Å². The van der Waals surface area contributed by atoms with E-state index in [1.165, 1.54) is 0 Å². The fraction of sp³-hybridized carbons (Fsp3) is 0.526. The van der Waals surface area contributed by atoms with Gasteiger partial charge >= 0.3 is 0 Å². The number of rotatable bonds is 5. The van der Waals surface area contributed by atoms with Crippen LogP contribution in [0.4, 0.5) is 11.8 Å². The summed E-state index contributed by atoms with van der Waals surface area (Å²) in [5, 5.41) is 3.36. The Bertz CT molecular complexity index is 683. The zero-order chi connectivity index (χ0) is 17.6. The highest BCUT2D eigenvalue weighted by molar-refractivity contribution is 5.42. The summed E-state index contributed by atoms with van der Waals surface area (Å²) in [4.78, 5) is 18.2. The van der Waals surface area contributed by atoms with Crippen LogP contribution < -0.4 is 10.2 Å². The molecule has 26 heavy (non-hydrogen) atoms. The van der Waals surface area contributed by atoms with E-state index in [2.05, 4.69) is 31.2 Å². The maximum atomic E-state index is 5.47. The molecule has 2 aliphatic rings. The predicted octanol–water partition coefficient (Wildman–Crippen LogP) is 1.78. The van der Waals surface area contributed by atoms with Gasteiger partial charge in [-0.2, -0.15) is 4.98 Å². The molecule has 0 radical (unpaired) electrons. The van der Waals surface area contributed by atoms with Gasteiger partial charge in [-0.05, 0) is 30.5 Å². The molecule has 0 atom stereocenters. The lowest BCUT2D eigenvalue weighted by Gasteiger charge is -2.40. The van der Waals surface area contributed by atoms with Crippen molar-refractivity contribution < 1.29 is 4.74 Å². The Kier molecular flexibility index (Phi) is 5.56. The van der Waals surface area contributed by atoms with Gasteiger partial charge in [-0.3, -0.25) is 9.88 Å². The molecule has 2 aliphatic heterocycles. The molecule has 0 spiro atoms. The van der Waals surface area contributed by atoms with Gasteiger partial charge < -0.3 is 15.0 Å². The summed E-state index contributed by atoms with van der Waals surface area (Å²) in [5.74, 6) is 1.68. The van der Waals surface area contributed by atoms with Gasteiger partial charge in [-0.25, -0.2) is 4.98 Å². The Morgan fingerprint density at radius 2 is 1.92 bits per heavy atom. The zero-order valence-corrected chi connectivity index (χ0v) is 15.0. The fourth-order valence-electron chi connectivity index (χ4n) is 3.67. The van der Waals surface area contributed by atoms with E-state index in [1.807, 2.05) is 24.5 Å². The predicted molar refractivity (Wildman–Crippen MR) is 101 cm³/mol. The average Bonchev–Trinajstić information content (AvgIpc) is 2.74. The van der Waals surface area contributed by atoms with Crippen LogP contribution in [0.1, 0.15) is 18.4 Å². The molecule has 2 saturated heterocycles. The van der Waals surface area contributed by atoms with Crippen LogP contribution in [0.25, 0.3) is 0 Å². The highest BCUT2D eigenvalue weighted by Gasteiger charge is 2.26. The Labute approximate surface area is 154 Å². The van der Waals surface area contributed by atoms with E-state index in [0.717, 1.165) is 69.6 Å². The van der Waals surface area contributed by atoms with Crippen LogP contribution in [0.15, 0.2) is 36.8 Å². The monoisotopic (exact) mass is 354 g/mol. The molecule has 4 rings (SSSR count). The molecule has 1 N–H and O–H groups in total. The Hall–Kier alpha value is -2.25. The van der Waals surface area contributed by atoms with Gasteiger partial charge in [0.25, 0.3) is 0 Å². The van der Waals surface area contributed by atoms with E-state index in [1.54, 1.807) is 6.20 Å². The van der Waals surface area contributed by atoms with Crippen LogP contribution in [-0.2, 0) is 11.3 Å². The van der Waals surface area contributed by atoms with E-state index in [-0.39, 0.29) is 0 Å². The lowest BCUT2D eigenvalue weighted by Crippen LogP contribution is -2.49. The Balaban J connectivity index is 1.32. The van der Waals surface area contributed by atoms with Crippen LogP contribution >= 0.6 is 0 Å². The SMILES string of the molecule is c1cncc(CNc2ccnc(N3CCC(N4CCOCC4)CC3)n2)c1. The summed E-state index contributed by atoms with van der Waals surface area (Å²) < 4.78 is 5.47. The number of hydrogen-bond acceptors (Lipinski definition) is 7. The molecule has 0 bridgehead atoms. The summed E-state index contributed by atoms with van der Waals surface area (Å²) in [5.41, 5.74) is 1.14. The minimum atomic E-state index is 0.669. The lowest BCUT2D eigenvalue weighted by atomic mass is 10.0. The van der Waals surface area contributed by atoms with E-state index in [4.69, 9.17) is 9.72 Å². The molecule has 0 amide bonds. The molecular weight excluding hydrogens is 328 g/mol. The van der Waals surface area contributed by atoms with Gasteiger partial charge in [-0.15, -0.1) is 0 Å². The number of piperidine rings is 1. The number of morpholine rings is 1. The van der Waals surface area contributed by atoms with E-state index >= 15 is 0 Å². The Morgan fingerprint density at radius 1 is 1.08 bits per heavy atom. The maximum absolute atomic E-state index is 5.47. The molecular formula is C19H26N6O. The van der Waals surface area contributed by atoms with Crippen molar-refractivity contribution in [3.05, 3.63) is 42.4 Å². The van der Waals surface area contributed by atoms with Crippen LogP contribution in [-0.4, -0.2) is 65.3 Å². The minimum Gasteiger partial charge on any atom is -0.379 e. The van der Waals surface area contributed by atoms with Crippen molar-refractivity contribution >= 4 is 11.8 Å². The van der Waals surface area contributed by atoms with Gasteiger partial charge in [0.2, 0.25) is 5.95 Å². The van der Waals surface area contributed by atoms with Gasteiger partial charge in [0, 0.05) is 57.4 Å². The number of nitrogens with zero attached hydrogens (tertiary/aromatic N) is 5. The Morgan fingerprint density at radius 3 is 2.69 bits per heavy atom. The summed E-state index contributed by atoms with van der Waals surface area (Å²) in [6, 6.07) is 6.59. The zero-order valence-electron chi connectivity index (χ0n) is 15.0. The lowest BCUT2D eigenvalue weighted by molar-refractivity contribution is 0.0114. The van der Waals surface area contributed by atoms with Crippen molar-refractivity contribution in [1.82, 2.24) is 19.9 Å². The first-order valence-corrected chi connectivity index (χ1v) is 9.41. The number of hydrogen-bond donors (Lipinski definition) is 1. The van der Waals surface area contributed by atoms with Gasteiger partial charge in [-0.1, -0.05) is 6.07 Å². The summed E-state index contributed by atoms with van der Waals surface area (Å²) in [6.07, 6.45) is 7.81. The molecule has 0 aromatic carbocycles. The number of anilines is 2. The molecule has 7 nitrogen and oxygen atoms in total. The second-order valence-corrected chi connectivity index (χ2v) is 6.82. The molecule has 2 aromatic heterocycles. The van der Waals surface area contributed by atoms with Crippen molar-refractivity contribution in [2.75, 3.05) is 49.6 Å². The molecule has 0 saturated carbocycles. The van der Waals surface area contributed by atoms with Crippen molar-refractivity contribution in [3.8, 4) is 0 Å². The number of pyridine rings is 1. The highest BCUT2D eigenvalue weighted by atomic mass is 16.5. The second kappa shape index (κ2) is 8.42. The summed E-state index contributed by atoms with van der Waals surface area (Å²) in [6.45, 7) is 6.59. The van der Waals surface area contributed by atoms with Crippen LogP contribution in [0.3, 0.4) is 0 Å². The summed E-state index contributed by atoms with van der Waals surface area (Å²) in [7, 11) is 0. The van der Waals surface area contributed by atoms with E-state index in [0.29, 0.717) is 12.6 Å².